The monoisotopic (exact) mass is 291 g/mol. The highest BCUT2D eigenvalue weighted by Crippen LogP contribution is 2.12. The van der Waals surface area contributed by atoms with Crippen LogP contribution in [0.5, 0.6) is 0 Å². The van der Waals surface area contributed by atoms with E-state index in [9.17, 15) is 9.59 Å². The highest BCUT2D eigenvalue weighted by atomic mass is 16.2. The molecule has 0 aromatic heterocycles. The molecule has 1 unspecified atom stereocenters. The predicted octanol–water partition coefficient (Wildman–Crippen LogP) is 2.14. The summed E-state index contributed by atoms with van der Waals surface area (Å²) in [6.07, 6.45) is 1.51. The Kier molecular flexibility index (Phi) is 6.88. The summed E-state index contributed by atoms with van der Waals surface area (Å²) >= 11 is 0. The number of hydrogen-bond donors (Lipinski definition) is 3. The number of carbonyl (C=O) groups is 2. The molecular weight excluding hydrogens is 266 g/mol. The first-order chi connectivity index (χ1) is 9.93. The van der Waals surface area contributed by atoms with Gasteiger partial charge in [-0.15, -0.1) is 0 Å². The van der Waals surface area contributed by atoms with Crippen LogP contribution in [0.2, 0.25) is 0 Å². The van der Waals surface area contributed by atoms with Crippen LogP contribution in [0.25, 0.3) is 0 Å². The minimum Gasteiger partial charge on any atom is -0.352 e. The molecule has 1 aromatic carbocycles. The molecule has 2 amide bonds. The summed E-state index contributed by atoms with van der Waals surface area (Å²) in [4.78, 5) is 23.8. The zero-order chi connectivity index (χ0) is 15.8. The third-order valence-electron chi connectivity index (χ3n) is 2.99. The first-order valence-corrected chi connectivity index (χ1v) is 7.38. The summed E-state index contributed by atoms with van der Waals surface area (Å²) in [6.45, 7) is 6.67. The van der Waals surface area contributed by atoms with Gasteiger partial charge in [-0.2, -0.15) is 0 Å². The molecule has 0 aliphatic heterocycles. The Morgan fingerprint density at radius 3 is 2.62 bits per heavy atom. The lowest BCUT2D eigenvalue weighted by molar-refractivity contribution is -0.117. The molecule has 5 nitrogen and oxygen atoms in total. The lowest BCUT2D eigenvalue weighted by Crippen LogP contribution is -2.36. The van der Waals surface area contributed by atoms with E-state index in [2.05, 4.69) is 10.6 Å². The summed E-state index contributed by atoms with van der Waals surface area (Å²) < 4.78 is 0. The molecule has 1 atom stereocenters. The van der Waals surface area contributed by atoms with E-state index in [0.29, 0.717) is 30.1 Å². The van der Waals surface area contributed by atoms with Crippen LogP contribution in [0.1, 0.15) is 44.0 Å². The van der Waals surface area contributed by atoms with Crippen LogP contribution in [0.4, 0.5) is 5.69 Å². The predicted molar refractivity (Wildman–Crippen MR) is 85.1 cm³/mol. The Hall–Kier alpha value is -1.88. The van der Waals surface area contributed by atoms with Gasteiger partial charge in [0.1, 0.15) is 0 Å². The lowest BCUT2D eigenvalue weighted by Gasteiger charge is -2.14. The first kappa shape index (κ1) is 17.2. The minimum atomic E-state index is -0.539. The van der Waals surface area contributed by atoms with E-state index in [1.807, 2.05) is 20.8 Å². The maximum absolute atomic E-state index is 12.0. The summed E-state index contributed by atoms with van der Waals surface area (Å²) in [7, 11) is 0. The molecule has 4 N–H and O–H groups in total. The molecule has 0 heterocycles. The van der Waals surface area contributed by atoms with E-state index >= 15 is 0 Å². The van der Waals surface area contributed by atoms with Gasteiger partial charge in [0.2, 0.25) is 5.91 Å². The fourth-order valence-electron chi connectivity index (χ4n) is 1.93. The van der Waals surface area contributed by atoms with Crippen LogP contribution < -0.4 is 16.4 Å². The molecular formula is C16H25N3O2. The number of rotatable bonds is 7. The van der Waals surface area contributed by atoms with E-state index in [0.717, 1.165) is 6.42 Å². The first-order valence-electron chi connectivity index (χ1n) is 7.38. The highest BCUT2D eigenvalue weighted by Gasteiger charge is 2.15. The third kappa shape index (κ3) is 5.95. The van der Waals surface area contributed by atoms with Crippen molar-refractivity contribution in [2.75, 3.05) is 11.9 Å². The summed E-state index contributed by atoms with van der Waals surface area (Å²) in [5.41, 5.74) is 6.95. The van der Waals surface area contributed by atoms with Crippen LogP contribution in [-0.4, -0.2) is 24.4 Å². The van der Waals surface area contributed by atoms with E-state index in [4.69, 9.17) is 5.73 Å². The topological polar surface area (TPSA) is 84.2 Å². The Morgan fingerprint density at radius 1 is 1.29 bits per heavy atom. The second-order valence-electron chi connectivity index (χ2n) is 5.56. The van der Waals surface area contributed by atoms with Gasteiger partial charge in [0.05, 0.1) is 6.04 Å². The van der Waals surface area contributed by atoms with Gasteiger partial charge in [0, 0.05) is 17.8 Å². The molecule has 0 fully saturated rings. The molecule has 0 radical (unpaired) electrons. The van der Waals surface area contributed by atoms with E-state index < -0.39 is 6.04 Å². The highest BCUT2D eigenvalue weighted by molar-refractivity contribution is 5.98. The zero-order valence-corrected chi connectivity index (χ0v) is 13.0. The smallest absolute Gasteiger partial charge is 0.251 e. The van der Waals surface area contributed by atoms with Crippen LogP contribution in [0.15, 0.2) is 24.3 Å². The fourth-order valence-corrected chi connectivity index (χ4v) is 1.93. The Morgan fingerprint density at radius 2 is 2.00 bits per heavy atom. The Labute approximate surface area is 126 Å². The number of hydrogen-bond acceptors (Lipinski definition) is 3. The molecule has 1 aromatic rings. The van der Waals surface area contributed by atoms with Crippen molar-refractivity contribution in [3.63, 3.8) is 0 Å². The fraction of sp³-hybridized carbons (Fsp3) is 0.500. The number of nitrogens with one attached hydrogen (secondary N) is 2. The van der Waals surface area contributed by atoms with Crippen LogP contribution in [0.3, 0.4) is 0 Å². The van der Waals surface area contributed by atoms with Gasteiger partial charge in [-0.3, -0.25) is 9.59 Å². The number of benzene rings is 1. The molecule has 0 aliphatic rings. The van der Waals surface area contributed by atoms with E-state index in [1.165, 1.54) is 0 Å². The van der Waals surface area contributed by atoms with Crippen molar-refractivity contribution in [1.29, 1.82) is 0 Å². The third-order valence-corrected chi connectivity index (χ3v) is 2.99. The van der Waals surface area contributed by atoms with Crippen molar-refractivity contribution in [3.05, 3.63) is 29.8 Å². The number of anilines is 1. The van der Waals surface area contributed by atoms with Crippen LogP contribution >= 0.6 is 0 Å². The lowest BCUT2D eigenvalue weighted by atomic mass is 10.0. The van der Waals surface area contributed by atoms with E-state index in [1.54, 1.807) is 24.3 Å². The van der Waals surface area contributed by atoms with E-state index in [-0.39, 0.29) is 11.8 Å². The quantitative estimate of drug-likeness (QED) is 0.719. The van der Waals surface area contributed by atoms with Crippen molar-refractivity contribution in [2.45, 2.75) is 39.7 Å². The van der Waals surface area contributed by atoms with Crippen molar-refractivity contribution in [2.24, 2.45) is 11.7 Å². The summed E-state index contributed by atoms with van der Waals surface area (Å²) in [5.74, 6) is -0.00819. The Balaban J connectivity index is 2.68. The number of carbonyl (C=O) groups excluding carboxylic acids is 2. The maximum atomic E-state index is 12.0. The minimum absolute atomic E-state index is 0.139. The SMILES string of the molecule is CCCNC(=O)c1cccc(NC(=O)C(N)CC(C)C)c1. The average molecular weight is 291 g/mol. The standard InChI is InChI=1S/C16H25N3O2/c1-4-8-18-15(20)12-6-5-7-13(10-12)19-16(21)14(17)9-11(2)3/h5-7,10-11,14H,4,8-9,17H2,1-3H3,(H,18,20)(H,19,21). The molecule has 116 valence electrons. The van der Waals surface area contributed by atoms with Crippen molar-refractivity contribution in [1.82, 2.24) is 5.32 Å². The molecule has 1 rings (SSSR count). The van der Waals surface area contributed by atoms with Crippen molar-refractivity contribution < 1.29 is 9.59 Å². The normalized spacial score (nSPS) is 12.0. The van der Waals surface area contributed by atoms with Crippen molar-refractivity contribution >= 4 is 17.5 Å². The molecule has 0 spiro atoms. The largest absolute Gasteiger partial charge is 0.352 e. The maximum Gasteiger partial charge on any atom is 0.251 e. The molecule has 0 saturated carbocycles. The van der Waals surface area contributed by atoms with Gasteiger partial charge in [-0.1, -0.05) is 26.8 Å². The second-order valence-corrected chi connectivity index (χ2v) is 5.56. The van der Waals surface area contributed by atoms with Gasteiger partial charge in [-0.05, 0) is 37.0 Å². The number of amides is 2. The molecule has 0 aliphatic carbocycles. The molecule has 21 heavy (non-hydrogen) atoms. The van der Waals surface area contributed by atoms with Gasteiger partial charge >= 0.3 is 0 Å². The van der Waals surface area contributed by atoms with Gasteiger partial charge in [0.25, 0.3) is 5.91 Å². The summed E-state index contributed by atoms with van der Waals surface area (Å²) in [5, 5.41) is 5.56. The average Bonchev–Trinajstić information content (AvgIpc) is 2.44. The molecule has 5 heteroatoms. The second kappa shape index (κ2) is 8.42. The zero-order valence-electron chi connectivity index (χ0n) is 13.0. The molecule has 0 saturated heterocycles. The van der Waals surface area contributed by atoms with Gasteiger partial charge in [0.15, 0.2) is 0 Å². The van der Waals surface area contributed by atoms with Crippen LogP contribution in [0, 0.1) is 5.92 Å². The Bertz CT molecular complexity index is 486. The van der Waals surface area contributed by atoms with Crippen LogP contribution in [-0.2, 0) is 4.79 Å². The van der Waals surface area contributed by atoms with Gasteiger partial charge < -0.3 is 16.4 Å². The molecule has 0 bridgehead atoms. The summed E-state index contributed by atoms with van der Waals surface area (Å²) in [6, 6.07) is 6.32. The number of nitrogens with two attached hydrogens (primary N) is 1. The van der Waals surface area contributed by atoms with Crippen molar-refractivity contribution in [3.8, 4) is 0 Å². The van der Waals surface area contributed by atoms with Gasteiger partial charge in [-0.25, -0.2) is 0 Å².